The summed E-state index contributed by atoms with van der Waals surface area (Å²) < 4.78 is 38.5. The zero-order valence-electron chi connectivity index (χ0n) is 17.3. The second kappa shape index (κ2) is 10.5. The summed E-state index contributed by atoms with van der Waals surface area (Å²) in [5.74, 6) is -1.19. The van der Waals surface area contributed by atoms with Crippen molar-refractivity contribution in [3.8, 4) is 5.75 Å². The Hall–Kier alpha value is -3.76. The van der Waals surface area contributed by atoms with Crippen LogP contribution in [0.25, 0.3) is 0 Å². The van der Waals surface area contributed by atoms with Crippen LogP contribution >= 0.6 is 0 Å². The highest BCUT2D eigenvalue weighted by Crippen LogP contribution is 2.25. The first kappa shape index (κ1) is 22.9. The molecule has 32 heavy (non-hydrogen) atoms. The van der Waals surface area contributed by atoms with Crippen molar-refractivity contribution < 1.29 is 23.4 Å². The number of rotatable bonds is 10. The van der Waals surface area contributed by atoms with Gasteiger partial charge in [-0.25, -0.2) is 13.8 Å². The largest absolute Gasteiger partial charge is 0.488 e. The van der Waals surface area contributed by atoms with Crippen LogP contribution in [0.15, 0.2) is 60.9 Å². The van der Waals surface area contributed by atoms with Crippen LogP contribution in [0.5, 0.6) is 5.75 Å². The third kappa shape index (κ3) is 5.90. The number of hydrogen-bond acceptors (Lipinski definition) is 8. The second-order valence-corrected chi connectivity index (χ2v) is 6.73. The molecule has 0 aliphatic carbocycles. The van der Waals surface area contributed by atoms with Crippen LogP contribution in [-0.4, -0.2) is 35.4 Å². The van der Waals surface area contributed by atoms with Crippen LogP contribution in [0.3, 0.4) is 0 Å². The van der Waals surface area contributed by atoms with Gasteiger partial charge in [0, 0.05) is 30.2 Å². The lowest BCUT2D eigenvalue weighted by Crippen LogP contribution is -2.08. The Bertz CT molecular complexity index is 1080. The molecule has 1 aromatic heterocycles. The molecule has 0 fully saturated rings. The number of ether oxygens (including phenoxy) is 2. The first-order chi connectivity index (χ1) is 15.4. The first-order valence-electron chi connectivity index (χ1n) is 9.57. The maximum Gasteiger partial charge on any atom is 0.229 e. The van der Waals surface area contributed by atoms with Crippen LogP contribution in [0.1, 0.15) is 11.7 Å². The number of benzene rings is 2. The lowest BCUT2D eigenvalue weighted by Gasteiger charge is -2.13. The van der Waals surface area contributed by atoms with Gasteiger partial charge in [0.15, 0.2) is 23.2 Å². The van der Waals surface area contributed by atoms with Gasteiger partial charge in [-0.1, -0.05) is 18.7 Å². The topological polar surface area (TPSA) is 115 Å². The van der Waals surface area contributed by atoms with E-state index in [-0.39, 0.29) is 29.8 Å². The maximum atomic E-state index is 14.2. The highest BCUT2D eigenvalue weighted by molar-refractivity contribution is 5.60. The number of halogens is 2. The zero-order chi connectivity index (χ0) is 23.1. The highest BCUT2D eigenvalue weighted by Gasteiger charge is 2.12. The first-order valence-corrected chi connectivity index (χ1v) is 9.57. The fraction of sp³-hybridized carbons (Fsp3) is 0.182. The number of nitrogens with two attached hydrogens (primary N) is 1. The van der Waals surface area contributed by atoms with Gasteiger partial charge >= 0.3 is 0 Å². The van der Waals surface area contributed by atoms with Crippen LogP contribution in [0, 0.1) is 11.6 Å². The summed E-state index contributed by atoms with van der Waals surface area (Å²) in [6.07, 6.45) is 0.0000674. The number of methoxy groups -OCH3 is 1. The van der Waals surface area contributed by atoms with Gasteiger partial charge in [0.25, 0.3) is 0 Å². The SMILES string of the molecule is C=C(N)C(O)c1ccc(Nc2nc(Nc3ccc(OCCOC)c(F)c3)ncc2F)cc1. The van der Waals surface area contributed by atoms with Gasteiger partial charge in [0.2, 0.25) is 5.95 Å². The van der Waals surface area contributed by atoms with E-state index < -0.39 is 17.7 Å². The van der Waals surface area contributed by atoms with E-state index in [1.807, 2.05) is 0 Å². The minimum absolute atomic E-state index is 0.0628. The molecule has 1 unspecified atom stereocenters. The van der Waals surface area contributed by atoms with Crippen LogP contribution in [0.2, 0.25) is 0 Å². The molecule has 0 saturated heterocycles. The van der Waals surface area contributed by atoms with Crippen molar-refractivity contribution >= 4 is 23.1 Å². The number of hydrogen-bond donors (Lipinski definition) is 4. The van der Waals surface area contributed by atoms with Gasteiger partial charge < -0.3 is 30.9 Å². The van der Waals surface area contributed by atoms with Crippen molar-refractivity contribution in [2.75, 3.05) is 31.0 Å². The number of aromatic nitrogens is 2. The monoisotopic (exact) mass is 443 g/mol. The van der Waals surface area contributed by atoms with Crippen molar-refractivity contribution in [3.63, 3.8) is 0 Å². The van der Waals surface area contributed by atoms with E-state index in [9.17, 15) is 13.9 Å². The van der Waals surface area contributed by atoms with E-state index in [4.69, 9.17) is 15.2 Å². The average Bonchev–Trinajstić information content (AvgIpc) is 2.77. The Labute approximate surface area is 183 Å². The minimum Gasteiger partial charge on any atom is -0.488 e. The molecule has 168 valence electrons. The average molecular weight is 443 g/mol. The number of anilines is 4. The quantitative estimate of drug-likeness (QED) is 0.350. The summed E-state index contributed by atoms with van der Waals surface area (Å²) in [7, 11) is 1.52. The molecule has 0 aliphatic heterocycles. The summed E-state index contributed by atoms with van der Waals surface area (Å²) in [6.45, 7) is 4.06. The number of aliphatic hydroxyl groups excluding tert-OH is 1. The van der Waals surface area contributed by atoms with Gasteiger partial charge in [-0.05, 0) is 29.8 Å². The summed E-state index contributed by atoms with van der Waals surface area (Å²) in [4.78, 5) is 7.98. The number of nitrogens with zero attached hydrogens (tertiary/aromatic N) is 2. The Kier molecular flexibility index (Phi) is 7.53. The van der Waals surface area contributed by atoms with Crippen molar-refractivity contribution in [1.82, 2.24) is 9.97 Å². The van der Waals surface area contributed by atoms with Crippen LogP contribution in [-0.2, 0) is 4.74 Å². The van der Waals surface area contributed by atoms with E-state index in [1.54, 1.807) is 30.3 Å². The predicted molar refractivity (Wildman–Crippen MR) is 117 cm³/mol. The van der Waals surface area contributed by atoms with Crippen LogP contribution < -0.4 is 21.1 Å². The molecule has 0 aliphatic rings. The predicted octanol–water partition coefficient (Wildman–Crippen LogP) is 3.77. The molecular weight excluding hydrogens is 420 g/mol. The van der Waals surface area contributed by atoms with Gasteiger partial charge in [-0.2, -0.15) is 4.98 Å². The van der Waals surface area contributed by atoms with E-state index in [1.165, 1.54) is 19.2 Å². The molecule has 5 N–H and O–H groups in total. The van der Waals surface area contributed by atoms with E-state index in [0.29, 0.717) is 23.5 Å². The van der Waals surface area contributed by atoms with E-state index >= 15 is 0 Å². The fourth-order valence-corrected chi connectivity index (χ4v) is 2.67. The fourth-order valence-electron chi connectivity index (χ4n) is 2.67. The molecule has 3 aromatic rings. The Morgan fingerprint density at radius 1 is 1.09 bits per heavy atom. The van der Waals surface area contributed by atoms with Gasteiger partial charge in [0.1, 0.15) is 12.7 Å². The summed E-state index contributed by atoms with van der Waals surface area (Å²) in [5.41, 5.74) is 7.06. The minimum atomic E-state index is -0.993. The molecular formula is C22H23F2N5O3. The van der Waals surface area contributed by atoms with Crippen LogP contribution in [0.4, 0.5) is 31.9 Å². The van der Waals surface area contributed by atoms with E-state index in [2.05, 4.69) is 27.2 Å². The van der Waals surface area contributed by atoms with Gasteiger partial charge in [-0.15, -0.1) is 0 Å². The molecule has 1 atom stereocenters. The van der Waals surface area contributed by atoms with Crippen molar-refractivity contribution in [3.05, 3.63) is 78.1 Å². The molecule has 0 radical (unpaired) electrons. The molecule has 0 amide bonds. The molecule has 0 saturated carbocycles. The third-order valence-electron chi connectivity index (χ3n) is 4.32. The van der Waals surface area contributed by atoms with Crippen molar-refractivity contribution in [1.29, 1.82) is 0 Å². The molecule has 10 heteroatoms. The summed E-state index contributed by atoms with van der Waals surface area (Å²) in [6, 6.07) is 10.8. The molecule has 2 aromatic carbocycles. The third-order valence-corrected chi connectivity index (χ3v) is 4.32. The lowest BCUT2D eigenvalue weighted by atomic mass is 10.1. The highest BCUT2D eigenvalue weighted by atomic mass is 19.1. The Morgan fingerprint density at radius 3 is 2.47 bits per heavy atom. The Morgan fingerprint density at radius 2 is 1.81 bits per heavy atom. The van der Waals surface area contributed by atoms with E-state index in [0.717, 1.165) is 6.20 Å². The van der Waals surface area contributed by atoms with Gasteiger partial charge in [-0.3, -0.25) is 0 Å². The summed E-state index contributed by atoms with van der Waals surface area (Å²) >= 11 is 0. The Balaban J connectivity index is 1.70. The normalized spacial score (nSPS) is 11.6. The van der Waals surface area contributed by atoms with Gasteiger partial charge in [0.05, 0.1) is 12.8 Å². The molecule has 0 spiro atoms. The maximum absolute atomic E-state index is 14.2. The smallest absolute Gasteiger partial charge is 0.229 e. The molecule has 8 nitrogen and oxygen atoms in total. The molecule has 0 bridgehead atoms. The lowest BCUT2D eigenvalue weighted by molar-refractivity contribution is 0.144. The van der Waals surface area contributed by atoms with Crippen molar-refractivity contribution in [2.24, 2.45) is 5.73 Å². The van der Waals surface area contributed by atoms with Crippen molar-refractivity contribution in [2.45, 2.75) is 6.10 Å². The standard InChI is InChI=1S/C22H23F2N5O3/c1-13(25)20(30)14-3-5-15(6-4-14)27-21-18(24)12-26-22(29-21)28-16-7-8-19(17(23)11-16)32-10-9-31-2/h3-8,11-12,20,30H,1,9-10,25H2,2H3,(H2,26,27,28,29). The number of aliphatic hydroxyl groups is 1. The second-order valence-electron chi connectivity index (χ2n) is 6.73. The zero-order valence-corrected chi connectivity index (χ0v) is 17.3. The molecule has 1 heterocycles. The molecule has 3 rings (SSSR count). The summed E-state index contributed by atoms with van der Waals surface area (Å²) in [5, 5.41) is 15.6. The number of nitrogens with one attached hydrogen (secondary N) is 2.